The average Bonchev–Trinajstić information content (AvgIpc) is 2.61. The van der Waals surface area contributed by atoms with E-state index in [2.05, 4.69) is 48.9 Å². The SMILES string of the molecule is CCCCc1nc2ccc(Br)cc2c(=O)n1N=Cc1ccccc1Br. The maximum atomic E-state index is 12.9. The molecule has 0 saturated heterocycles. The van der Waals surface area contributed by atoms with Crippen molar-refractivity contribution in [2.75, 3.05) is 0 Å². The fraction of sp³-hybridized carbons (Fsp3) is 0.211. The van der Waals surface area contributed by atoms with Crippen LogP contribution in [0, 0.1) is 0 Å². The number of unbranched alkanes of at least 4 members (excludes halogenated alkanes) is 1. The highest BCUT2D eigenvalue weighted by molar-refractivity contribution is 9.10. The van der Waals surface area contributed by atoms with Gasteiger partial charge in [0.25, 0.3) is 5.56 Å². The molecule has 0 bridgehead atoms. The number of rotatable bonds is 5. The quantitative estimate of drug-likeness (QED) is 0.492. The third-order valence-electron chi connectivity index (χ3n) is 3.85. The minimum atomic E-state index is -0.152. The summed E-state index contributed by atoms with van der Waals surface area (Å²) in [7, 11) is 0. The minimum Gasteiger partial charge on any atom is -0.267 e. The third kappa shape index (κ3) is 4.07. The Balaban J connectivity index is 2.15. The second kappa shape index (κ2) is 8.06. The molecule has 128 valence electrons. The molecule has 0 N–H and O–H groups in total. The van der Waals surface area contributed by atoms with Crippen LogP contribution in [-0.4, -0.2) is 15.9 Å². The predicted molar refractivity (Wildman–Crippen MR) is 109 cm³/mol. The van der Waals surface area contributed by atoms with Crippen LogP contribution < -0.4 is 5.56 Å². The Morgan fingerprint density at radius 2 is 2.00 bits per heavy atom. The first-order chi connectivity index (χ1) is 12.1. The van der Waals surface area contributed by atoms with Gasteiger partial charge in [0.15, 0.2) is 0 Å². The second-order valence-corrected chi connectivity index (χ2v) is 7.45. The third-order valence-corrected chi connectivity index (χ3v) is 5.06. The van der Waals surface area contributed by atoms with E-state index >= 15 is 0 Å². The lowest BCUT2D eigenvalue weighted by molar-refractivity contribution is 0.675. The lowest BCUT2D eigenvalue weighted by Crippen LogP contribution is -2.22. The molecule has 0 unspecified atom stereocenters. The van der Waals surface area contributed by atoms with Gasteiger partial charge in [0, 0.05) is 20.9 Å². The van der Waals surface area contributed by atoms with Gasteiger partial charge in [-0.3, -0.25) is 4.79 Å². The first-order valence-corrected chi connectivity index (χ1v) is 9.69. The van der Waals surface area contributed by atoms with Crippen molar-refractivity contribution in [3.63, 3.8) is 0 Å². The number of hydrogen-bond acceptors (Lipinski definition) is 3. The number of fused-ring (bicyclic) bond motifs is 1. The zero-order valence-electron chi connectivity index (χ0n) is 13.7. The smallest absolute Gasteiger partial charge is 0.267 e. The van der Waals surface area contributed by atoms with E-state index in [9.17, 15) is 4.79 Å². The van der Waals surface area contributed by atoms with Crippen molar-refractivity contribution in [3.8, 4) is 0 Å². The van der Waals surface area contributed by atoms with Gasteiger partial charge in [-0.2, -0.15) is 9.78 Å². The highest BCUT2D eigenvalue weighted by atomic mass is 79.9. The van der Waals surface area contributed by atoms with Gasteiger partial charge in [-0.25, -0.2) is 4.98 Å². The average molecular weight is 463 g/mol. The lowest BCUT2D eigenvalue weighted by atomic mass is 10.2. The van der Waals surface area contributed by atoms with Gasteiger partial charge in [-0.15, -0.1) is 0 Å². The number of hydrogen-bond donors (Lipinski definition) is 0. The molecule has 25 heavy (non-hydrogen) atoms. The Labute approximate surface area is 162 Å². The fourth-order valence-corrected chi connectivity index (χ4v) is 3.26. The summed E-state index contributed by atoms with van der Waals surface area (Å²) in [5.74, 6) is 0.685. The van der Waals surface area contributed by atoms with Gasteiger partial charge in [0.2, 0.25) is 0 Å². The lowest BCUT2D eigenvalue weighted by Gasteiger charge is -2.09. The molecule has 4 nitrogen and oxygen atoms in total. The van der Waals surface area contributed by atoms with Gasteiger partial charge in [-0.05, 0) is 30.7 Å². The molecule has 1 aromatic heterocycles. The van der Waals surface area contributed by atoms with Gasteiger partial charge >= 0.3 is 0 Å². The summed E-state index contributed by atoms with van der Waals surface area (Å²) in [5.41, 5.74) is 1.46. The van der Waals surface area contributed by atoms with Gasteiger partial charge < -0.3 is 0 Å². The maximum Gasteiger partial charge on any atom is 0.282 e. The Kier molecular flexibility index (Phi) is 5.81. The van der Waals surface area contributed by atoms with E-state index in [0.717, 1.165) is 27.4 Å². The Morgan fingerprint density at radius 3 is 2.76 bits per heavy atom. The molecule has 3 aromatic rings. The highest BCUT2D eigenvalue weighted by Crippen LogP contribution is 2.17. The summed E-state index contributed by atoms with van der Waals surface area (Å²) in [6.07, 6.45) is 4.39. The zero-order chi connectivity index (χ0) is 17.8. The van der Waals surface area contributed by atoms with E-state index in [-0.39, 0.29) is 5.56 Å². The van der Waals surface area contributed by atoms with Crippen molar-refractivity contribution in [3.05, 3.63) is 73.2 Å². The molecule has 0 saturated carbocycles. The molecule has 0 fully saturated rings. The topological polar surface area (TPSA) is 47.2 Å². The molecule has 1 heterocycles. The van der Waals surface area contributed by atoms with E-state index in [1.807, 2.05) is 36.4 Å². The number of nitrogens with zero attached hydrogens (tertiary/aromatic N) is 3. The van der Waals surface area contributed by atoms with Crippen LogP contribution in [0.25, 0.3) is 10.9 Å². The number of aromatic nitrogens is 2. The highest BCUT2D eigenvalue weighted by Gasteiger charge is 2.11. The van der Waals surface area contributed by atoms with E-state index in [0.29, 0.717) is 23.1 Å². The summed E-state index contributed by atoms with van der Waals surface area (Å²) in [6, 6.07) is 13.3. The van der Waals surface area contributed by atoms with Crippen LogP contribution in [0.2, 0.25) is 0 Å². The summed E-state index contributed by atoms with van der Waals surface area (Å²) in [6.45, 7) is 2.12. The van der Waals surface area contributed by atoms with E-state index in [1.165, 1.54) is 4.68 Å². The van der Waals surface area contributed by atoms with E-state index in [4.69, 9.17) is 0 Å². The summed E-state index contributed by atoms with van der Waals surface area (Å²) < 4.78 is 3.20. The normalized spacial score (nSPS) is 11.5. The second-order valence-electron chi connectivity index (χ2n) is 5.68. The van der Waals surface area contributed by atoms with Crippen LogP contribution in [-0.2, 0) is 6.42 Å². The van der Waals surface area contributed by atoms with E-state index in [1.54, 1.807) is 12.3 Å². The van der Waals surface area contributed by atoms with Crippen molar-refractivity contribution in [1.82, 2.24) is 9.66 Å². The molecule has 0 aliphatic rings. The van der Waals surface area contributed by atoms with Crippen LogP contribution in [0.4, 0.5) is 0 Å². The first kappa shape index (κ1) is 18.0. The van der Waals surface area contributed by atoms with E-state index < -0.39 is 0 Å². The van der Waals surface area contributed by atoms with Gasteiger partial charge in [0.05, 0.1) is 17.1 Å². The summed E-state index contributed by atoms with van der Waals surface area (Å²) in [4.78, 5) is 17.6. The zero-order valence-corrected chi connectivity index (χ0v) is 16.9. The molecule has 0 aliphatic carbocycles. The Morgan fingerprint density at radius 1 is 1.20 bits per heavy atom. The van der Waals surface area contributed by atoms with Crippen LogP contribution in [0.1, 0.15) is 31.2 Å². The molecule has 0 aliphatic heterocycles. The van der Waals surface area contributed by atoms with Crippen LogP contribution in [0.5, 0.6) is 0 Å². The predicted octanol–water partition coefficient (Wildman–Crippen LogP) is 5.15. The van der Waals surface area contributed by atoms with Crippen molar-refractivity contribution >= 4 is 49.0 Å². The molecule has 0 spiro atoms. The minimum absolute atomic E-state index is 0.152. The standard InChI is InChI=1S/C19H17Br2N3O/c1-2-3-8-18-23-17-10-9-14(20)11-15(17)19(25)24(18)22-12-13-6-4-5-7-16(13)21/h4-7,9-12H,2-3,8H2,1H3. The number of benzene rings is 2. The van der Waals surface area contributed by atoms with Crippen LogP contribution in [0.15, 0.2) is 61.3 Å². The first-order valence-electron chi connectivity index (χ1n) is 8.10. The molecular formula is C19H17Br2N3O. The number of halogens is 2. The van der Waals surface area contributed by atoms with Gasteiger partial charge in [-0.1, -0.05) is 63.4 Å². The Hall–Kier alpha value is -1.79. The molecule has 6 heteroatoms. The largest absolute Gasteiger partial charge is 0.282 e. The molecule has 0 radical (unpaired) electrons. The summed E-state index contributed by atoms with van der Waals surface area (Å²) in [5, 5.41) is 5.00. The van der Waals surface area contributed by atoms with Crippen molar-refractivity contribution < 1.29 is 0 Å². The Bertz CT molecular complexity index is 996. The summed E-state index contributed by atoms with van der Waals surface area (Å²) >= 11 is 6.91. The van der Waals surface area contributed by atoms with Crippen molar-refractivity contribution in [2.24, 2.45) is 5.10 Å². The molecule has 0 atom stereocenters. The molecular weight excluding hydrogens is 446 g/mol. The number of aryl methyl sites for hydroxylation is 1. The monoisotopic (exact) mass is 461 g/mol. The van der Waals surface area contributed by atoms with Crippen molar-refractivity contribution in [2.45, 2.75) is 26.2 Å². The van der Waals surface area contributed by atoms with Crippen molar-refractivity contribution in [1.29, 1.82) is 0 Å². The van der Waals surface area contributed by atoms with Crippen LogP contribution in [0.3, 0.4) is 0 Å². The van der Waals surface area contributed by atoms with Crippen LogP contribution >= 0.6 is 31.9 Å². The molecule has 3 rings (SSSR count). The molecule has 0 amide bonds. The fourth-order valence-electron chi connectivity index (χ4n) is 2.51. The maximum absolute atomic E-state index is 12.9. The van der Waals surface area contributed by atoms with Gasteiger partial charge in [0.1, 0.15) is 5.82 Å². The molecule has 2 aromatic carbocycles.